The molecule has 5 rings (SSSR count). The highest BCUT2D eigenvalue weighted by molar-refractivity contribution is 5.68. The fraction of sp³-hybridized carbons (Fsp3) is 0.360. The van der Waals surface area contributed by atoms with Gasteiger partial charge >= 0.3 is 6.18 Å². The molecule has 1 aliphatic rings. The van der Waals surface area contributed by atoms with Gasteiger partial charge in [-0.15, -0.1) is 5.10 Å². The Morgan fingerprint density at radius 2 is 1.90 bits per heavy atom. The molecule has 1 unspecified atom stereocenters. The summed E-state index contributed by atoms with van der Waals surface area (Å²) >= 11 is 0. The Kier molecular flexibility index (Phi) is 6.78. The van der Waals surface area contributed by atoms with Gasteiger partial charge in [0.15, 0.2) is 12.3 Å². The molecule has 1 aliphatic heterocycles. The first-order chi connectivity index (χ1) is 18.7. The predicted octanol–water partition coefficient (Wildman–Crippen LogP) is 4.50. The van der Waals surface area contributed by atoms with E-state index in [2.05, 4.69) is 26.5 Å². The molecule has 0 amide bonds. The molecule has 0 spiro atoms. The van der Waals surface area contributed by atoms with Crippen LogP contribution in [-0.2, 0) is 0 Å². The standard InChI is InChI=1S/C25H21F4N9O/c1-15-24(34-35-38(15)18-4-6-36(14-31)7-5-18)16-8-22-33-13-19(11-30)37(22)23(9-16)39-21(10-25(27,28)29)20-3-2-17(26)12-32-20/h2-3,8-9,12-13,18,21H,4-7,10H2,1H3. The van der Waals surface area contributed by atoms with Crippen molar-refractivity contribution in [2.24, 2.45) is 0 Å². The van der Waals surface area contributed by atoms with Crippen molar-refractivity contribution < 1.29 is 22.3 Å². The Morgan fingerprint density at radius 3 is 2.54 bits per heavy atom. The van der Waals surface area contributed by atoms with Gasteiger partial charge in [-0.3, -0.25) is 9.38 Å². The van der Waals surface area contributed by atoms with E-state index in [9.17, 15) is 22.8 Å². The second-order valence-corrected chi connectivity index (χ2v) is 9.14. The van der Waals surface area contributed by atoms with Gasteiger partial charge in [0.25, 0.3) is 0 Å². The Morgan fingerprint density at radius 1 is 1.13 bits per heavy atom. The fourth-order valence-corrected chi connectivity index (χ4v) is 4.69. The number of aromatic nitrogens is 6. The Bertz CT molecular complexity index is 1570. The number of piperidine rings is 1. The predicted molar refractivity (Wildman–Crippen MR) is 127 cm³/mol. The second-order valence-electron chi connectivity index (χ2n) is 9.14. The van der Waals surface area contributed by atoms with Crippen LogP contribution < -0.4 is 4.74 Å². The number of alkyl halides is 3. The van der Waals surface area contributed by atoms with Crippen LogP contribution >= 0.6 is 0 Å². The lowest BCUT2D eigenvalue weighted by atomic mass is 10.0. The van der Waals surface area contributed by atoms with E-state index in [4.69, 9.17) is 10.00 Å². The number of nitrogens with zero attached hydrogens (tertiary/aromatic N) is 9. The molecule has 4 aromatic heterocycles. The molecule has 1 atom stereocenters. The van der Waals surface area contributed by atoms with Crippen LogP contribution in [0.15, 0.2) is 36.7 Å². The highest BCUT2D eigenvalue weighted by Crippen LogP contribution is 2.36. The molecule has 0 saturated carbocycles. The van der Waals surface area contributed by atoms with Crippen molar-refractivity contribution >= 4 is 5.65 Å². The van der Waals surface area contributed by atoms with Gasteiger partial charge in [-0.05, 0) is 38.0 Å². The summed E-state index contributed by atoms with van der Waals surface area (Å²) < 4.78 is 62.9. The van der Waals surface area contributed by atoms with Crippen LogP contribution in [0.2, 0.25) is 0 Å². The van der Waals surface area contributed by atoms with E-state index < -0.39 is 24.5 Å². The molecule has 0 aromatic carbocycles. The number of imidazole rings is 1. The molecular formula is C25H21F4N9O. The zero-order valence-corrected chi connectivity index (χ0v) is 20.6. The van der Waals surface area contributed by atoms with Gasteiger partial charge in [-0.25, -0.2) is 14.1 Å². The van der Waals surface area contributed by atoms with Crippen LogP contribution in [0.25, 0.3) is 16.9 Å². The zero-order chi connectivity index (χ0) is 27.7. The third-order valence-corrected chi connectivity index (χ3v) is 6.60. The molecule has 14 heteroatoms. The molecule has 5 heterocycles. The molecule has 1 saturated heterocycles. The highest BCUT2D eigenvalue weighted by atomic mass is 19.4. The van der Waals surface area contributed by atoms with Crippen LogP contribution in [0.4, 0.5) is 17.6 Å². The van der Waals surface area contributed by atoms with Gasteiger partial charge in [-0.1, -0.05) is 5.21 Å². The topological polar surface area (TPSA) is 121 Å². The maximum absolute atomic E-state index is 13.5. The summed E-state index contributed by atoms with van der Waals surface area (Å²) in [5.41, 5.74) is 1.85. The minimum absolute atomic E-state index is 0.0348. The van der Waals surface area contributed by atoms with Gasteiger partial charge < -0.3 is 9.64 Å². The summed E-state index contributed by atoms with van der Waals surface area (Å²) in [6.07, 6.45) is -1.98. The quantitative estimate of drug-likeness (QED) is 0.260. The van der Waals surface area contributed by atoms with Crippen molar-refractivity contribution in [2.75, 3.05) is 13.1 Å². The lowest BCUT2D eigenvalue weighted by Gasteiger charge is -2.28. The highest BCUT2D eigenvalue weighted by Gasteiger charge is 2.35. The van der Waals surface area contributed by atoms with Crippen LogP contribution in [0.1, 0.15) is 48.5 Å². The van der Waals surface area contributed by atoms with E-state index in [0.717, 1.165) is 24.0 Å². The molecule has 1 fully saturated rings. The molecule has 0 bridgehead atoms. The Balaban J connectivity index is 1.55. The second kappa shape index (κ2) is 10.2. The van der Waals surface area contributed by atoms with E-state index >= 15 is 0 Å². The number of hydrogen-bond donors (Lipinski definition) is 0. The van der Waals surface area contributed by atoms with E-state index in [1.54, 1.807) is 15.6 Å². The molecule has 0 N–H and O–H groups in total. The Labute approximate surface area is 219 Å². The average Bonchev–Trinajstić information content (AvgIpc) is 3.51. The van der Waals surface area contributed by atoms with E-state index in [0.29, 0.717) is 37.2 Å². The number of hydrogen-bond acceptors (Lipinski definition) is 8. The molecule has 200 valence electrons. The number of halogens is 4. The number of rotatable bonds is 6. The van der Waals surface area contributed by atoms with Gasteiger partial charge in [0, 0.05) is 24.7 Å². The summed E-state index contributed by atoms with van der Waals surface area (Å²) in [6, 6.07) is 7.24. The number of ether oxygens (including phenoxy) is 1. The number of likely N-dealkylation sites (tertiary alicyclic amines) is 1. The van der Waals surface area contributed by atoms with Gasteiger partial charge in [0.2, 0.25) is 5.88 Å². The van der Waals surface area contributed by atoms with Crippen molar-refractivity contribution in [1.29, 1.82) is 10.5 Å². The Hall–Kier alpha value is -4.72. The molecule has 4 aromatic rings. The van der Waals surface area contributed by atoms with Crippen molar-refractivity contribution in [3.63, 3.8) is 0 Å². The van der Waals surface area contributed by atoms with E-state index in [-0.39, 0.29) is 29.0 Å². The third-order valence-electron chi connectivity index (χ3n) is 6.60. The van der Waals surface area contributed by atoms with Crippen molar-refractivity contribution in [2.45, 2.75) is 44.5 Å². The lowest BCUT2D eigenvalue weighted by molar-refractivity contribution is -0.152. The number of fused-ring (bicyclic) bond motifs is 1. The fourth-order valence-electron chi connectivity index (χ4n) is 4.69. The van der Waals surface area contributed by atoms with Crippen LogP contribution in [-0.4, -0.2) is 53.5 Å². The molecule has 0 radical (unpaired) electrons. The van der Waals surface area contributed by atoms with Crippen molar-refractivity contribution in [3.05, 3.63) is 59.6 Å². The number of nitriles is 2. The average molecular weight is 539 g/mol. The van der Waals surface area contributed by atoms with E-state index in [1.165, 1.54) is 16.7 Å². The van der Waals surface area contributed by atoms with Gasteiger partial charge in [-0.2, -0.15) is 23.7 Å². The summed E-state index contributed by atoms with van der Waals surface area (Å²) in [5, 5.41) is 27.3. The van der Waals surface area contributed by atoms with E-state index in [1.807, 2.05) is 13.0 Å². The summed E-state index contributed by atoms with van der Waals surface area (Å²) in [4.78, 5) is 9.70. The minimum atomic E-state index is -4.62. The summed E-state index contributed by atoms with van der Waals surface area (Å²) in [5.74, 6) is -0.791. The maximum Gasteiger partial charge on any atom is 0.393 e. The molecule has 10 nitrogen and oxygen atoms in total. The monoisotopic (exact) mass is 539 g/mol. The van der Waals surface area contributed by atoms with Crippen LogP contribution in [0.3, 0.4) is 0 Å². The largest absolute Gasteiger partial charge is 0.468 e. The first kappa shape index (κ1) is 25.9. The minimum Gasteiger partial charge on any atom is -0.468 e. The summed E-state index contributed by atoms with van der Waals surface area (Å²) in [7, 11) is 0. The van der Waals surface area contributed by atoms with Crippen LogP contribution in [0, 0.1) is 35.5 Å². The normalized spacial score (nSPS) is 15.2. The molecule has 39 heavy (non-hydrogen) atoms. The van der Waals surface area contributed by atoms with Crippen molar-refractivity contribution in [3.8, 4) is 29.4 Å². The number of pyridine rings is 2. The first-order valence-electron chi connectivity index (χ1n) is 12.0. The summed E-state index contributed by atoms with van der Waals surface area (Å²) in [6.45, 7) is 3.03. The SMILES string of the molecule is Cc1c(-c2cc(OC(CC(F)(F)F)c3ccc(F)cn3)n3c(C#N)cnc3c2)nnn1C1CCN(C#N)CC1. The third kappa shape index (κ3) is 5.31. The first-order valence-corrected chi connectivity index (χ1v) is 12.0. The maximum atomic E-state index is 13.5. The lowest BCUT2D eigenvalue weighted by Crippen LogP contribution is -2.31. The smallest absolute Gasteiger partial charge is 0.393 e. The van der Waals surface area contributed by atoms with Gasteiger partial charge in [0.05, 0.1) is 36.2 Å². The van der Waals surface area contributed by atoms with Crippen LogP contribution in [0.5, 0.6) is 5.88 Å². The molecule has 0 aliphatic carbocycles. The zero-order valence-electron chi connectivity index (χ0n) is 20.6. The van der Waals surface area contributed by atoms with Crippen molar-refractivity contribution in [1.82, 2.24) is 34.3 Å². The molecular weight excluding hydrogens is 518 g/mol. The van der Waals surface area contributed by atoms with Gasteiger partial charge in [0.1, 0.15) is 28.9 Å².